The molecule has 0 amide bonds. The topological polar surface area (TPSA) is 23.8 Å². The van der Waals surface area contributed by atoms with Crippen molar-refractivity contribution in [3.63, 3.8) is 0 Å². The molecular weight excluding hydrogens is 182 g/mol. The van der Waals surface area contributed by atoms with E-state index in [-0.39, 0.29) is 0 Å². The molecule has 1 heteroatoms. The molecule has 2 aliphatic rings. The van der Waals surface area contributed by atoms with Crippen LogP contribution in [0.4, 0.5) is 0 Å². The summed E-state index contributed by atoms with van der Waals surface area (Å²) in [6.07, 6.45) is 0. The summed E-state index contributed by atoms with van der Waals surface area (Å²) in [4.78, 5) is 0. The molecule has 2 aliphatic carbocycles. The molecule has 0 aromatic heterocycles. The summed E-state index contributed by atoms with van der Waals surface area (Å²) in [6.45, 7) is 3.91. The average Bonchev–Trinajstić information content (AvgIpc) is 2.49. The van der Waals surface area contributed by atoms with E-state index in [1.807, 2.05) is 38.1 Å². The van der Waals surface area contributed by atoms with Gasteiger partial charge in [-0.15, -0.1) is 0 Å². The van der Waals surface area contributed by atoms with E-state index in [9.17, 15) is 0 Å². The van der Waals surface area contributed by atoms with E-state index in [4.69, 9.17) is 5.26 Å². The van der Waals surface area contributed by atoms with E-state index >= 15 is 0 Å². The quantitative estimate of drug-likeness (QED) is 0.682. The van der Waals surface area contributed by atoms with Gasteiger partial charge in [0, 0.05) is 0 Å². The van der Waals surface area contributed by atoms with E-state index in [0.29, 0.717) is 0 Å². The largest absolute Gasteiger partial charge is 0.197 e. The van der Waals surface area contributed by atoms with Gasteiger partial charge in [-0.3, -0.25) is 0 Å². The molecule has 0 aromatic carbocycles. The zero-order valence-corrected chi connectivity index (χ0v) is 8.99. The van der Waals surface area contributed by atoms with Crippen molar-refractivity contribution >= 4 is 0 Å². The highest BCUT2D eigenvalue weighted by Crippen LogP contribution is 2.35. The van der Waals surface area contributed by atoms with Crippen LogP contribution in [0.2, 0.25) is 0 Å². The molecule has 0 fully saturated rings. The Bertz CT molecular complexity index is 491. The maximum Gasteiger partial charge on any atom is 0.0772 e. The van der Waals surface area contributed by atoms with Crippen molar-refractivity contribution in [2.45, 2.75) is 19.3 Å². The first-order valence-corrected chi connectivity index (χ1v) is 5.04. The van der Waals surface area contributed by atoms with Crippen molar-refractivity contribution in [2.75, 3.05) is 0 Å². The monoisotopic (exact) mass is 195 g/mol. The fourth-order valence-corrected chi connectivity index (χ4v) is 1.82. The van der Waals surface area contributed by atoms with Crippen LogP contribution in [0.15, 0.2) is 42.5 Å². The van der Waals surface area contributed by atoms with Crippen LogP contribution in [0.3, 0.4) is 0 Å². The summed E-state index contributed by atoms with van der Waals surface area (Å²) >= 11 is 0. The highest BCUT2D eigenvalue weighted by molar-refractivity contribution is 5.72. The van der Waals surface area contributed by atoms with E-state index in [0.717, 1.165) is 5.56 Å². The molecule has 74 valence electrons. The molecule has 0 atom stereocenters. The first-order valence-electron chi connectivity index (χ1n) is 5.04. The van der Waals surface area contributed by atoms with Gasteiger partial charge in [-0.2, -0.15) is 5.26 Å². The molecule has 0 saturated carbocycles. The zero-order chi connectivity index (χ0) is 10.9. The maximum atomic E-state index is 9.14. The first-order chi connectivity index (χ1) is 7.15. The molecule has 0 unspecified atom stereocenters. The SMILES string of the molecule is CC(C)(C#N)c1ccc2cccccc1-2. The molecule has 0 aromatic rings. The lowest BCUT2D eigenvalue weighted by atomic mass is 9.85. The van der Waals surface area contributed by atoms with Gasteiger partial charge in [-0.25, -0.2) is 0 Å². The minimum Gasteiger partial charge on any atom is -0.197 e. The first kappa shape index (κ1) is 9.73. The van der Waals surface area contributed by atoms with Gasteiger partial charge in [0.05, 0.1) is 11.5 Å². The number of nitriles is 1. The lowest BCUT2D eigenvalue weighted by molar-refractivity contribution is 0.691. The molecule has 0 aliphatic heterocycles. The van der Waals surface area contributed by atoms with Crippen LogP contribution in [0.5, 0.6) is 0 Å². The minimum atomic E-state index is -0.421. The summed E-state index contributed by atoms with van der Waals surface area (Å²) in [7, 11) is 0. The second-order valence-electron chi connectivity index (χ2n) is 4.26. The predicted octanol–water partition coefficient (Wildman–Crippen LogP) is 3.59. The number of nitrogens with zero attached hydrogens (tertiary/aromatic N) is 1. The maximum absolute atomic E-state index is 9.14. The second kappa shape index (κ2) is 3.40. The Labute approximate surface area is 90.3 Å². The zero-order valence-electron chi connectivity index (χ0n) is 8.99. The Kier molecular flexibility index (Phi) is 2.21. The summed E-state index contributed by atoms with van der Waals surface area (Å²) in [6, 6.07) is 16.7. The van der Waals surface area contributed by atoms with Gasteiger partial charge in [-0.05, 0) is 30.5 Å². The van der Waals surface area contributed by atoms with Gasteiger partial charge in [-0.1, -0.05) is 42.5 Å². The van der Waals surface area contributed by atoms with Crippen LogP contribution in [0.1, 0.15) is 19.4 Å². The number of fused-ring (bicyclic) bond motifs is 1. The molecule has 0 saturated heterocycles. The minimum absolute atomic E-state index is 0.421. The lowest BCUT2D eigenvalue weighted by Crippen LogP contribution is -2.13. The van der Waals surface area contributed by atoms with E-state index in [1.54, 1.807) is 0 Å². The molecule has 0 spiro atoms. The van der Waals surface area contributed by atoms with Crippen molar-refractivity contribution in [1.82, 2.24) is 0 Å². The fourth-order valence-electron chi connectivity index (χ4n) is 1.82. The van der Waals surface area contributed by atoms with Crippen molar-refractivity contribution in [3.8, 4) is 17.2 Å². The van der Waals surface area contributed by atoms with E-state index < -0.39 is 5.41 Å². The Morgan fingerprint density at radius 2 is 1.73 bits per heavy atom. The smallest absolute Gasteiger partial charge is 0.0772 e. The molecule has 0 radical (unpaired) electrons. The second-order valence-corrected chi connectivity index (χ2v) is 4.26. The van der Waals surface area contributed by atoms with Crippen LogP contribution in [0, 0.1) is 11.3 Å². The van der Waals surface area contributed by atoms with Gasteiger partial charge >= 0.3 is 0 Å². The van der Waals surface area contributed by atoms with Gasteiger partial charge in [0.1, 0.15) is 0 Å². The van der Waals surface area contributed by atoms with Crippen LogP contribution < -0.4 is 0 Å². The molecule has 15 heavy (non-hydrogen) atoms. The Balaban J connectivity index is 2.65. The molecule has 0 heterocycles. The summed E-state index contributed by atoms with van der Waals surface area (Å²) in [5.41, 5.74) is 3.05. The molecular formula is C14H13N. The van der Waals surface area contributed by atoms with Crippen LogP contribution in [-0.4, -0.2) is 0 Å². The van der Waals surface area contributed by atoms with Crippen LogP contribution in [-0.2, 0) is 5.41 Å². The highest BCUT2D eigenvalue weighted by atomic mass is 14.3. The van der Waals surface area contributed by atoms with E-state index in [2.05, 4.69) is 24.3 Å². The molecule has 1 nitrogen and oxygen atoms in total. The third kappa shape index (κ3) is 1.59. The Morgan fingerprint density at radius 1 is 1.00 bits per heavy atom. The van der Waals surface area contributed by atoms with Crippen molar-refractivity contribution in [2.24, 2.45) is 0 Å². The Morgan fingerprint density at radius 3 is 2.47 bits per heavy atom. The van der Waals surface area contributed by atoms with Gasteiger partial charge in [0.25, 0.3) is 0 Å². The van der Waals surface area contributed by atoms with Gasteiger partial charge in [0.2, 0.25) is 0 Å². The molecule has 0 bridgehead atoms. The normalized spacial score (nSPS) is 11.3. The Hall–Kier alpha value is -1.81. The summed E-state index contributed by atoms with van der Waals surface area (Å²) < 4.78 is 0. The molecule has 0 N–H and O–H groups in total. The third-order valence-corrected chi connectivity index (χ3v) is 2.74. The van der Waals surface area contributed by atoms with Gasteiger partial charge in [0.15, 0.2) is 0 Å². The van der Waals surface area contributed by atoms with Crippen molar-refractivity contribution in [3.05, 3.63) is 48.0 Å². The third-order valence-electron chi connectivity index (χ3n) is 2.74. The van der Waals surface area contributed by atoms with Crippen molar-refractivity contribution in [1.29, 1.82) is 5.26 Å². The fraction of sp³-hybridized carbons (Fsp3) is 0.214. The number of rotatable bonds is 1. The van der Waals surface area contributed by atoms with Crippen LogP contribution in [0.25, 0.3) is 11.1 Å². The van der Waals surface area contributed by atoms with Crippen molar-refractivity contribution < 1.29 is 0 Å². The van der Waals surface area contributed by atoms with Gasteiger partial charge < -0.3 is 0 Å². The molecule has 2 rings (SSSR count). The van der Waals surface area contributed by atoms with Crippen LogP contribution >= 0.6 is 0 Å². The standard InChI is InChI=1S/C14H13N/c1-14(2,10-15)13-9-8-11-6-4-3-5-7-12(11)13/h3-9H,1-2H3. The predicted molar refractivity (Wildman–Crippen MR) is 61.7 cm³/mol. The summed E-state index contributed by atoms with van der Waals surface area (Å²) in [5, 5.41) is 9.14. The average molecular weight is 195 g/mol. The summed E-state index contributed by atoms with van der Waals surface area (Å²) in [5.74, 6) is 0. The number of hydrogen-bond donors (Lipinski definition) is 0. The van der Waals surface area contributed by atoms with E-state index in [1.165, 1.54) is 11.1 Å². The lowest BCUT2D eigenvalue weighted by Gasteiger charge is -2.15. The number of hydrogen-bond acceptors (Lipinski definition) is 1. The highest BCUT2D eigenvalue weighted by Gasteiger charge is 2.24.